The summed E-state index contributed by atoms with van der Waals surface area (Å²) < 4.78 is 32.2. The Hall–Kier alpha value is -1.64. The summed E-state index contributed by atoms with van der Waals surface area (Å²) in [7, 11) is -2.16. The van der Waals surface area contributed by atoms with Gasteiger partial charge in [0.05, 0.1) is 12.6 Å². The number of anilines is 1. The highest BCUT2D eigenvalue weighted by molar-refractivity contribution is 7.89. The lowest BCUT2D eigenvalue weighted by Gasteiger charge is -2.23. The lowest BCUT2D eigenvalue weighted by molar-refractivity contribution is -0.121. The van der Waals surface area contributed by atoms with Gasteiger partial charge in [0.25, 0.3) is 0 Å². The van der Waals surface area contributed by atoms with E-state index in [9.17, 15) is 13.2 Å². The van der Waals surface area contributed by atoms with Gasteiger partial charge in [0, 0.05) is 24.8 Å². The molecule has 1 aromatic carbocycles. The molecule has 138 valence electrons. The first kappa shape index (κ1) is 18.2. The fourth-order valence-corrected chi connectivity index (χ4v) is 5.17. The molecule has 2 aliphatic rings. The molecule has 25 heavy (non-hydrogen) atoms. The van der Waals surface area contributed by atoms with E-state index in [0.29, 0.717) is 31.6 Å². The van der Waals surface area contributed by atoms with Crippen molar-refractivity contribution >= 4 is 21.6 Å². The number of nitrogens with zero attached hydrogens (tertiary/aromatic N) is 1. The molecule has 0 spiro atoms. The van der Waals surface area contributed by atoms with Crippen molar-refractivity contribution in [2.45, 2.75) is 49.0 Å². The van der Waals surface area contributed by atoms with E-state index >= 15 is 0 Å². The average molecular weight is 367 g/mol. The van der Waals surface area contributed by atoms with E-state index in [1.165, 1.54) is 17.5 Å². The average Bonchev–Trinajstić information content (AvgIpc) is 3.27. The SMILES string of the molecule is COc1cc(NC(=O)C2(N)CCCC2)ccc1S(=O)(=O)N1CCCC1. The van der Waals surface area contributed by atoms with Crippen LogP contribution < -0.4 is 15.8 Å². The minimum absolute atomic E-state index is 0.123. The first-order valence-electron chi connectivity index (χ1n) is 8.65. The molecule has 2 fully saturated rings. The molecule has 1 saturated carbocycles. The Balaban J connectivity index is 1.83. The van der Waals surface area contributed by atoms with Crippen molar-refractivity contribution in [3.05, 3.63) is 18.2 Å². The standard InChI is InChI=1S/C17H25N3O4S/c1-24-14-12-13(19-16(21)17(18)8-2-3-9-17)6-7-15(14)25(22,23)20-10-4-5-11-20/h6-7,12H,2-5,8-11,18H2,1H3,(H,19,21). The van der Waals surface area contributed by atoms with E-state index in [1.807, 2.05) is 0 Å². The molecular formula is C17H25N3O4S. The van der Waals surface area contributed by atoms with Gasteiger partial charge in [-0.3, -0.25) is 4.79 Å². The summed E-state index contributed by atoms with van der Waals surface area (Å²) >= 11 is 0. The van der Waals surface area contributed by atoms with Crippen molar-refractivity contribution in [3.63, 3.8) is 0 Å². The quantitative estimate of drug-likeness (QED) is 0.824. The Labute approximate surface area is 148 Å². The largest absolute Gasteiger partial charge is 0.495 e. The Morgan fingerprint density at radius 1 is 1.20 bits per heavy atom. The zero-order valence-electron chi connectivity index (χ0n) is 14.5. The van der Waals surface area contributed by atoms with E-state index in [2.05, 4.69) is 5.32 Å². The van der Waals surface area contributed by atoms with Gasteiger partial charge in [0.15, 0.2) is 0 Å². The summed E-state index contributed by atoms with van der Waals surface area (Å²) in [6.07, 6.45) is 4.96. The van der Waals surface area contributed by atoms with Gasteiger partial charge in [-0.2, -0.15) is 4.31 Å². The molecule has 1 aliphatic heterocycles. The maximum Gasteiger partial charge on any atom is 0.246 e. The van der Waals surface area contributed by atoms with E-state index in [1.54, 1.807) is 12.1 Å². The van der Waals surface area contributed by atoms with Crippen LogP contribution in [0, 0.1) is 0 Å². The van der Waals surface area contributed by atoms with Crippen molar-refractivity contribution < 1.29 is 17.9 Å². The number of hydrogen-bond acceptors (Lipinski definition) is 5. The molecule has 0 bridgehead atoms. The topological polar surface area (TPSA) is 102 Å². The maximum absolute atomic E-state index is 12.7. The molecule has 1 amide bonds. The van der Waals surface area contributed by atoms with Crippen LogP contribution in [0.2, 0.25) is 0 Å². The second-order valence-corrected chi connectivity index (χ2v) is 8.70. The molecule has 8 heteroatoms. The molecule has 1 aromatic rings. The number of carbonyl (C=O) groups excluding carboxylic acids is 1. The molecule has 1 aliphatic carbocycles. The number of rotatable bonds is 5. The van der Waals surface area contributed by atoms with Crippen LogP contribution in [-0.2, 0) is 14.8 Å². The number of carbonyl (C=O) groups is 1. The molecule has 0 aromatic heterocycles. The molecule has 3 rings (SSSR count). The van der Waals surface area contributed by atoms with Crippen molar-refractivity contribution in [3.8, 4) is 5.75 Å². The van der Waals surface area contributed by atoms with Crippen molar-refractivity contribution in [1.29, 1.82) is 0 Å². The molecule has 0 unspecified atom stereocenters. The van der Waals surface area contributed by atoms with Crippen LogP contribution in [-0.4, -0.2) is 44.4 Å². The summed E-state index contributed by atoms with van der Waals surface area (Å²) in [6, 6.07) is 4.61. The van der Waals surface area contributed by atoms with E-state index in [-0.39, 0.29) is 16.6 Å². The van der Waals surface area contributed by atoms with Crippen LogP contribution in [0.3, 0.4) is 0 Å². The fraction of sp³-hybridized carbons (Fsp3) is 0.588. The molecule has 0 radical (unpaired) electrons. The highest BCUT2D eigenvalue weighted by atomic mass is 32.2. The van der Waals surface area contributed by atoms with E-state index in [4.69, 9.17) is 10.5 Å². The van der Waals surface area contributed by atoms with Gasteiger partial charge in [-0.1, -0.05) is 12.8 Å². The van der Waals surface area contributed by atoms with Gasteiger partial charge in [-0.05, 0) is 37.8 Å². The van der Waals surface area contributed by atoms with Crippen molar-refractivity contribution in [2.24, 2.45) is 5.73 Å². The van der Waals surface area contributed by atoms with Crippen LogP contribution in [0.1, 0.15) is 38.5 Å². The molecule has 1 heterocycles. The Kier molecular flexibility index (Phi) is 5.04. The Morgan fingerprint density at radius 2 is 1.84 bits per heavy atom. The maximum atomic E-state index is 12.7. The lowest BCUT2D eigenvalue weighted by atomic mass is 9.98. The first-order valence-corrected chi connectivity index (χ1v) is 10.1. The highest BCUT2D eigenvalue weighted by Gasteiger charge is 2.37. The number of methoxy groups -OCH3 is 1. The monoisotopic (exact) mass is 367 g/mol. The van der Waals surface area contributed by atoms with E-state index < -0.39 is 15.6 Å². The van der Waals surface area contributed by atoms with Crippen LogP contribution in [0.25, 0.3) is 0 Å². The number of ether oxygens (including phenoxy) is 1. The summed E-state index contributed by atoms with van der Waals surface area (Å²) in [5.74, 6) is -0.00982. The van der Waals surface area contributed by atoms with Crippen LogP contribution in [0.5, 0.6) is 5.75 Å². The zero-order chi connectivity index (χ0) is 18.1. The Bertz CT molecular complexity index is 751. The number of hydrogen-bond donors (Lipinski definition) is 2. The fourth-order valence-electron chi connectivity index (χ4n) is 3.51. The number of nitrogens with one attached hydrogen (secondary N) is 1. The number of amides is 1. The van der Waals surface area contributed by atoms with Crippen molar-refractivity contribution in [2.75, 3.05) is 25.5 Å². The molecule has 0 atom stereocenters. The van der Waals surface area contributed by atoms with Crippen molar-refractivity contribution in [1.82, 2.24) is 4.31 Å². The smallest absolute Gasteiger partial charge is 0.246 e. The van der Waals surface area contributed by atoms with Crippen LogP contribution in [0.15, 0.2) is 23.1 Å². The number of nitrogens with two attached hydrogens (primary N) is 1. The van der Waals surface area contributed by atoms with Gasteiger partial charge in [0.2, 0.25) is 15.9 Å². The minimum Gasteiger partial charge on any atom is -0.495 e. The van der Waals surface area contributed by atoms with Crippen LogP contribution >= 0.6 is 0 Å². The molecular weight excluding hydrogens is 342 g/mol. The highest BCUT2D eigenvalue weighted by Crippen LogP contribution is 2.33. The normalized spacial score (nSPS) is 20.6. The minimum atomic E-state index is -3.58. The molecule has 3 N–H and O–H groups in total. The zero-order valence-corrected chi connectivity index (χ0v) is 15.3. The van der Waals surface area contributed by atoms with Gasteiger partial charge in [-0.15, -0.1) is 0 Å². The summed E-state index contributed by atoms with van der Waals surface area (Å²) in [5, 5.41) is 2.79. The predicted molar refractivity (Wildman–Crippen MR) is 95.0 cm³/mol. The third-order valence-corrected chi connectivity index (χ3v) is 6.99. The summed E-state index contributed by atoms with van der Waals surface area (Å²) in [5.41, 5.74) is 5.80. The number of benzene rings is 1. The summed E-state index contributed by atoms with van der Waals surface area (Å²) in [6.45, 7) is 1.05. The van der Waals surface area contributed by atoms with Crippen LogP contribution in [0.4, 0.5) is 5.69 Å². The Morgan fingerprint density at radius 3 is 2.44 bits per heavy atom. The van der Waals surface area contributed by atoms with Gasteiger partial charge in [0.1, 0.15) is 10.6 Å². The van der Waals surface area contributed by atoms with Gasteiger partial charge < -0.3 is 15.8 Å². The second kappa shape index (κ2) is 6.93. The molecule has 7 nitrogen and oxygen atoms in total. The number of sulfonamides is 1. The lowest BCUT2D eigenvalue weighted by Crippen LogP contribution is -2.48. The molecule has 1 saturated heterocycles. The third-order valence-electron chi connectivity index (χ3n) is 5.05. The summed E-state index contributed by atoms with van der Waals surface area (Å²) in [4.78, 5) is 12.5. The predicted octanol–water partition coefficient (Wildman–Crippen LogP) is 1.69. The van der Waals surface area contributed by atoms with Gasteiger partial charge in [-0.25, -0.2) is 8.42 Å². The third kappa shape index (κ3) is 3.51. The second-order valence-electron chi connectivity index (χ2n) is 6.79. The first-order chi connectivity index (χ1) is 11.9. The van der Waals surface area contributed by atoms with E-state index in [0.717, 1.165) is 25.7 Å². The van der Waals surface area contributed by atoms with Gasteiger partial charge >= 0.3 is 0 Å².